The summed E-state index contributed by atoms with van der Waals surface area (Å²) in [5, 5.41) is 14.6. The van der Waals surface area contributed by atoms with Gasteiger partial charge in [0.1, 0.15) is 12.4 Å². The molecule has 0 bridgehead atoms. The number of sulfonamides is 1. The van der Waals surface area contributed by atoms with Gasteiger partial charge >= 0.3 is 6.09 Å². The number of methoxy groups -OCH3 is 1. The molecule has 0 saturated carbocycles. The molecule has 0 aliphatic heterocycles. The minimum Gasteiger partial charge on any atom is -0.497 e. The van der Waals surface area contributed by atoms with Crippen molar-refractivity contribution in [3.63, 3.8) is 0 Å². The van der Waals surface area contributed by atoms with Gasteiger partial charge in [-0.3, -0.25) is 9.10 Å². The molecule has 11 heteroatoms. The number of aliphatic hydroxyl groups is 1. The van der Waals surface area contributed by atoms with Gasteiger partial charge in [-0.1, -0.05) is 85.8 Å². The van der Waals surface area contributed by atoms with Crippen LogP contribution in [0, 0.1) is 0 Å². The third-order valence-electron chi connectivity index (χ3n) is 7.81. The van der Waals surface area contributed by atoms with Crippen LogP contribution in [-0.4, -0.2) is 69.0 Å². The highest BCUT2D eigenvalue weighted by Crippen LogP contribution is 2.20. The van der Waals surface area contributed by atoms with E-state index in [4.69, 9.17) is 9.47 Å². The first-order chi connectivity index (χ1) is 23.1. The Morgan fingerprint density at radius 3 is 2.17 bits per heavy atom. The maximum absolute atomic E-state index is 13.6. The fourth-order valence-corrected chi connectivity index (χ4v) is 6.38. The van der Waals surface area contributed by atoms with Crippen LogP contribution in [0.15, 0.2) is 109 Å². The lowest BCUT2D eigenvalue weighted by molar-refractivity contribution is 0.0500. The number of carbonyl (C=O) groups is 2. The van der Waals surface area contributed by atoms with E-state index in [1.54, 1.807) is 44.4 Å². The molecular formula is C37H43N3O7S. The molecule has 0 aromatic heterocycles. The van der Waals surface area contributed by atoms with Gasteiger partial charge in [0.15, 0.2) is 0 Å². The normalized spacial score (nSPS) is 12.4. The molecule has 0 aliphatic carbocycles. The second kappa shape index (κ2) is 17.3. The first kappa shape index (κ1) is 36.0. The molecule has 0 heterocycles. The van der Waals surface area contributed by atoms with Gasteiger partial charge in [-0.2, -0.15) is 0 Å². The number of ether oxygens (including phenoxy) is 2. The molecule has 4 aromatic carbocycles. The Bertz CT molecular complexity index is 1740. The van der Waals surface area contributed by atoms with Crippen molar-refractivity contribution >= 4 is 27.7 Å². The molecule has 48 heavy (non-hydrogen) atoms. The van der Waals surface area contributed by atoms with Crippen LogP contribution in [0.5, 0.6) is 5.75 Å². The number of nitrogens with one attached hydrogen (secondary N) is 1. The molecule has 10 nitrogen and oxygen atoms in total. The third kappa shape index (κ3) is 10.3. The number of carbonyl (C=O) groups excluding carboxylic acids is 2. The summed E-state index contributed by atoms with van der Waals surface area (Å²) in [6.07, 6.45) is -1.11. The predicted octanol–water partition coefficient (Wildman–Crippen LogP) is 5.41. The van der Waals surface area contributed by atoms with Crippen LogP contribution in [0.2, 0.25) is 0 Å². The molecule has 0 fully saturated rings. The number of hydrogen-bond donors (Lipinski definition) is 2. The van der Waals surface area contributed by atoms with Gasteiger partial charge in [0.2, 0.25) is 10.0 Å². The Balaban J connectivity index is 1.58. The van der Waals surface area contributed by atoms with Gasteiger partial charge < -0.3 is 24.8 Å². The molecule has 0 spiro atoms. The molecule has 4 rings (SSSR count). The average molecular weight is 674 g/mol. The Labute approximate surface area is 283 Å². The van der Waals surface area contributed by atoms with E-state index in [2.05, 4.69) is 5.32 Å². The van der Waals surface area contributed by atoms with Crippen LogP contribution in [0.25, 0.3) is 0 Å². The molecular weight excluding hydrogens is 630 g/mol. The predicted molar refractivity (Wildman–Crippen MR) is 186 cm³/mol. The summed E-state index contributed by atoms with van der Waals surface area (Å²) >= 11 is 0. The molecule has 0 saturated heterocycles. The minimum absolute atomic E-state index is 0.0225. The van der Waals surface area contributed by atoms with Crippen LogP contribution in [-0.2, 0) is 34.3 Å². The number of aliphatic hydroxyl groups excluding tert-OH is 1. The zero-order valence-electron chi connectivity index (χ0n) is 27.5. The van der Waals surface area contributed by atoms with E-state index < -0.39 is 34.2 Å². The molecule has 2 N–H and O–H groups in total. The van der Waals surface area contributed by atoms with Gasteiger partial charge in [-0.25, -0.2) is 13.2 Å². The van der Waals surface area contributed by atoms with Crippen LogP contribution in [0.3, 0.4) is 0 Å². The van der Waals surface area contributed by atoms with E-state index in [0.717, 1.165) is 16.7 Å². The number of hydrogen-bond acceptors (Lipinski definition) is 7. The van der Waals surface area contributed by atoms with E-state index in [0.29, 0.717) is 17.9 Å². The number of rotatable bonds is 16. The SMILES string of the molecule is CCCS(=O)(=O)N(C)c1cccc(C(=O)N[C@@H](Cc2ccccc2)[C@@H](O)CN(Cc2cccc(OC)c2)C(=O)OCc2ccccc2)c1. The van der Waals surface area contributed by atoms with Gasteiger partial charge in [-0.05, 0) is 59.9 Å². The maximum atomic E-state index is 13.6. The zero-order valence-corrected chi connectivity index (χ0v) is 28.3. The lowest BCUT2D eigenvalue weighted by Gasteiger charge is -2.30. The largest absolute Gasteiger partial charge is 0.497 e. The van der Waals surface area contributed by atoms with Gasteiger partial charge in [0.25, 0.3) is 5.91 Å². The van der Waals surface area contributed by atoms with Crippen molar-refractivity contribution in [3.8, 4) is 5.75 Å². The summed E-state index contributed by atoms with van der Waals surface area (Å²) in [5.41, 5.74) is 3.03. The molecule has 2 atom stereocenters. The highest BCUT2D eigenvalue weighted by atomic mass is 32.2. The third-order valence-corrected chi connectivity index (χ3v) is 9.78. The average Bonchev–Trinajstić information content (AvgIpc) is 3.10. The first-order valence-electron chi connectivity index (χ1n) is 15.8. The first-order valence-corrected chi connectivity index (χ1v) is 17.4. The van der Waals surface area contributed by atoms with Crippen molar-refractivity contribution in [1.29, 1.82) is 0 Å². The van der Waals surface area contributed by atoms with Crippen molar-refractivity contribution in [2.45, 2.75) is 45.1 Å². The lowest BCUT2D eigenvalue weighted by atomic mass is 10.00. The number of anilines is 1. The molecule has 0 unspecified atom stereocenters. The summed E-state index contributed by atoms with van der Waals surface area (Å²) in [5.74, 6) is 0.102. The van der Waals surface area contributed by atoms with Crippen LogP contribution in [0.1, 0.15) is 40.4 Å². The Hall–Kier alpha value is -4.87. The Morgan fingerprint density at radius 1 is 0.854 bits per heavy atom. The second-order valence-electron chi connectivity index (χ2n) is 11.4. The Kier molecular flexibility index (Phi) is 13.0. The number of benzene rings is 4. The fourth-order valence-electron chi connectivity index (χ4n) is 5.16. The Morgan fingerprint density at radius 2 is 1.50 bits per heavy atom. The topological polar surface area (TPSA) is 125 Å². The molecule has 254 valence electrons. The quantitative estimate of drug-likeness (QED) is 0.163. The van der Waals surface area contributed by atoms with Gasteiger partial charge in [-0.15, -0.1) is 0 Å². The van der Waals surface area contributed by atoms with E-state index in [-0.39, 0.29) is 37.4 Å². The van der Waals surface area contributed by atoms with Gasteiger partial charge in [0, 0.05) is 19.2 Å². The monoisotopic (exact) mass is 673 g/mol. The minimum atomic E-state index is -3.55. The van der Waals surface area contributed by atoms with Gasteiger partial charge in [0.05, 0.1) is 37.2 Å². The van der Waals surface area contributed by atoms with Crippen LogP contribution >= 0.6 is 0 Å². The van der Waals surface area contributed by atoms with E-state index in [9.17, 15) is 23.1 Å². The second-order valence-corrected chi connectivity index (χ2v) is 13.6. The van der Waals surface area contributed by atoms with Crippen LogP contribution < -0.4 is 14.4 Å². The highest BCUT2D eigenvalue weighted by molar-refractivity contribution is 7.92. The maximum Gasteiger partial charge on any atom is 0.410 e. The summed E-state index contributed by atoms with van der Waals surface area (Å²) < 4.78 is 37.5. The van der Waals surface area contributed by atoms with Crippen LogP contribution in [0.4, 0.5) is 10.5 Å². The summed E-state index contributed by atoms with van der Waals surface area (Å²) in [7, 11) is -0.538. The summed E-state index contributed by atoms with van der Waals surface area (Å²) in [4.78, 5) is 28.5. The molecule has 0 aliphatic rings. The van der Waals surface area contributed by atoms with Crippen molar-refractivity contribution < 1.29 is 32.6 Å². The summed E-state index contributed by atoms with van der Waals surface area (Å²) in [6, 6.07) is 31.5. The number of nitrogens with zero attached hydrogens (tertiary/aromatic N) is 2. The fraction of sp³-hybridized carbons (Fsp3) is 0.297. The van der Waals surface area contributed by atoms with Crippen molar-refractivity contribution in [2.75, 3.05) is 30.8 Å². The number of amides is 2. The zero-order chi connectivity index (χ0) is 34.5. The molecule has 0 radical (unpaired) electrons. The summed E-state index contributed by atoms with van der Waals surface area (Å²) in [6.45, 7) is 1.80. The van der Waals surface area contributed by atoms with Crippen molar-refractivity contribution in [3.05, 3.63) is 131 Å². The van der Waals surface area contributed by atoms with Crippen molar-refractivity contribution in [2.24, 2.45) is 0 Å². The molecule has 2 amide bonds. The lowest BCUT2D eigenvalue weighted by Crippen LogP contribution is -2.50. The highest BCUT2D eigenvalue weighted by Gasteiger charge is 2.28. The standard InChI is InChI=1S/C37H43N3O7S/c1-4-21-48(44,45)39(2)32-19-12-18-31(24-32)36(42)38-34(23-28-13-7-5-8-14-28)35(41)26-40(25-30-17-11-20-33(22-30)46-3)37(43)47-27-29-15-9-6-10-16-29/h5-20,22,24,34-35,41H,4,21,23,25-27H2,1-3H3,(H,38,42)/t34-,35-/m0/s1. The smallest absolute Gasteiger partial charge is 0.410 e. The van der Waals surface area contributed by atoms with E-state index >= 15 is 0 Å². The van der Waals surface area contributed by atoms with Crippen molar-refractivity contribution in [1.82, 2.24) is 10.2 Å². The van der Waals surface area contributed by atoms with E-state index in [1.807, 2.05) is 72.8 Å². The molecule has 4 aromatic rings. The van der Waals surface area contributed by atoms with E-state index in [1.165, 1.54) is 22.3 Å².